The Labute approximate surface area is 139 Å². The Morgan fingerprint density at radius 2 is 2.13 bits per heavy atom. The summed E-state index contributed by atoms with van der Waals surface area (Å²) in [6.45, 7) is 6.05. The number of hydrogen-bond donors (Lipinski definition) is 2. The minimum absolute atomic E-state index is 0.0212. The van der Waals surface area contributed by atoms with Gasteiger partial charge in [-0.3, -0.25) is 9.59 Å². The van der Waals surface area contributed by atoms with Crippen molar-refractivity contribution in [3.8, 4) is 0 Å². The van der Waals surface area contributed by atoms with E-state index < -0.39 is 0 Å². The summed E-state index contributed by atoms with van der Waals surface area (Å²) in [5.41, 5.74) is -0.181. The number of carbonyl (C=O) groups excluding carboxylic acids is 2. The molecule has 23 heavy (non-hydrogen) atoms. The molecule has 3 fully saturated rings. The Balaban J connectivity index is 1.66. The van der Waals surface area contributed by atoms with Gasteiger partial charge in [-0.2, -0.15) is 0 Å². The average molecular weight is 321 g/mol. The Morgan fingerprint density at radius 3 is 2.96 bits per heavy atom. The summed E-state index contributed by atoms with van der Waals surface area (Å²) in [6.07, 6.45) is 7.43. The second-order valence-corrected chi connectivity index (χ2v) is 7.61. The predicted molar refractivity (Wildman–Crippen MR) is 89.9 cm³/mol. The van der Waals surface area contributed by atoms with Crippen molar-refractivity contribution >= 4 is 11.8 Å². The standard InChI is InChI=1S/C18H31N3O2/c1-2-9-20-16(22)14-6-5-10-21(12-14)17(23)18-8-4-3-7-15(18)11-19-13-18/h14-15,19H,2-13H2,1H3,(H,20,22)/t14?,15-,18+/m0/s1. The number of amides is 2. The molecule has 2 N–H and O–H groups in total. The molecule has 0 aromatic heterocycles. The largest absolute Gasteiger partial charge is 0.356 e. The van der Waals surface area contributed by atoms with Crippen LogP contribution in [0.4, 0.5) is 0 Å². The van der Waals surface area contributed by atoms with Crippen molar-refractivity contribution in [1.82, 2.24) is 15.5 Å². The molecular weight excluding hydrogens is 290 g/mol. The topological polar surface area (TPSA) is 61.4 Å². The van der Waals surface area contributed by atoms with E-state index in [0.717, 1.165) is 58.3 Å². The van der Waals surface area contributed by atoms with Crippen molar-refractivity contribution in [2.75, 3.05) is 32.7 Å². The van der Waals surface area contributed by atoms with Crippen molar-refractivity contribution in [3.05, 3.63) is 0 Å². The Morgan fingerprint density at radius 1 is 1.26 bits per heavy atom. The molecule has 0 aromatic carbocycles. The fourth-order valence-electron chi connectivity index (χ4n) is 4.75. The van der Waals surface area contributed by atoms with E-state index in [1.54, 1.807) is 0 Å². The molecule has 1 aliphatic carbocycles. The van der Waals surface area contributed by atoms with Crippen LogP contribution in [0.3, 0.4) is 0 Å². The zero-order chi connectivity index (χ0) is 16.3. The molecule has 130 valence electrons. The number of rotatable bonds is 4. The molecule has 0 spiro atoms. The number of piperidine rings is 1. The number of carbonyl (C=O) groups is 2. The molecule has 5 heteroatoms. The van der Waals surface area contributed by atoms with Crippen LogP contribution in [0.1, 0.15) is 51.9 Å². The SMILES string of the molecule is CCCNC(=O)C1CCCN(C(=O)[C@@]23CCCC[C@H]2CNC3)C1. The predicted octanol–water partition coefficient (Wildman–Crippen LogP) is 1.53. The van der Waals surface area contributed by atoms with Gasteiger partial charge in [-0.25, -0.2) is 0 Å². The Bertz CT molecular complexity index is 454. The fraction of sp³-hybridized carbons (Fsp3) is 0.889. The van der Waals surface area contributed by atoms with Gasteiger partial charge in [0, 0.05) is 26.2 Å². The molecule has 3 atom stereocenters. The number of likely N-dealkylation sites (tertiary alicyclic amines) is 1. The van der Waals surface area contributed by atoms with Crippen molar-refractivity contribution in [2.45, 2.75) is 51.9 Å². The third kappa shape index (κ3) is 3.25. The maximum atomic E-state index is 13.3. The van der Waals surface area contributed by atoms with E-state index >= 15 is 0 Å². The zero-order valence-corrected chi connectivity index (χ0v) is 14.4. The Hall–Kier alpha value is -1.10. The van der Waals surface area contributed by atoms with Gasteiger partial charge in [0.25, 0.3) is 0 Å². The third-order valence-electron chi connectivity index (χ3n) is 6.09. The molecule has 3 aliphatic rings. The van der Waals surface area contributed by atoms with E-state index in [1.165, 1.54) is 12.8 Å². The molecule has 2 heterocycles. The quantitative estimate of drug-likeness (QED) is 0.825. The molecule has 2 amide bonds. The number of fused-ring (bicyclic) bond motifs is 1. The van der Waals surface area contributed by atoms with Crippen LogP contribution in [-0.4, -0.2) is 49.4 Å². The maximum absolute atomic E-state index is 13.3. The lowest BCUT2D eigenvalue weighted by atomic mass is 9.67. The lowest BCUT2D eigenvalue weighted by Crippen LogP contribution is -2.54. The molecule has 2 saturated heterocycles. The van der Waals surface area contributed by atoms with Crippen LogP contribution in [0.15, 0.2) is 0 Å². The van der Waals surface area contributed by atoms with Crippen molar-refractivity contribution in [1.29, 1.82) is 0 Å². The van der Waals surface area contributed by atoms with Crippen LogP contribution in [0, 0.1) is 17.3 Å². The first-order valence-electron chi connectivity index (χ1n) is 9.45. The van der Waals surface area contributed by atoms with E-state index in [4.69, 9.17) is 0 Å². The first-order chi connectivity index (χ1) is 11.2. The van der Waals surface area contributed by atoms with Gasteiger partial charge >= 0.3 is 0 Å². The molecule has 0 aromatic rings. The van der Waals surface area contributed by atoms with Gasteiger partial charge in [-0.15, -0.1) is 0 Å². The summed E-state index contributed by atoms with van der Waals surface area (Å²) in [4.78, 5) is 27.6. The number of nitrogens with zero attached hydrogens (tertiary/aromatic N) is 1. The van der Waals surface area contributed by atoms with E-state index in [2.05, 4.69) is 17.6 Å². The van der Waals surface area contributed by atoms with Gasteiger partial charge in [0.2, 0.25) is 11.8 Å². The first kappa shape index (κ1) is 16.7. The average Bonchev–Trinajstić information content (AvgIpc) is 3.04. The van der Waals surface area contributed by atoms with Crippen LogP contribution in [0.25, 0.3) is 0 Å². The summed E-state index contributed by atoms with van der Waals surface area (Å²) >= 11 is 0. The van der Waals surface area contributed by atoms with Gasteiger partial charge in [-0.05, 0) is 44.6 Å². The second-order valence-electron chi connectivity index (χ2n) is 7.61. The summed E-state index contributed by atoms with van der Waals surface area (Å²) in [5.74, 6) is 0.928. The molecule has 0 bridgehead atoms. The normalized spacial score (nSPS) is 34.0. The lowest BCUT2D eigenvalue weighted by Gasteiger charge is -2.43. The molecular formula is C18H31N3O2. The van der Waals surface area contributed by atoms with Crippen LogP contribution in [-0.2, 0) is 9.59 Å². The van der Waals surface area contributed by atoms with Crippen LogP contribution < -0.4 is 10.6 Å². The second kappa shape index (κ2) is 7.20. The highest BCUT2D eigenvalue weighted by Crippen LogP contribution is 2.45. The van der Waals surface area contributed by atoms with Gasteiger partial charge in [0.15, 0.2) is 0 Å². The van der Waals surface area contributed by atoms with Crippen LogP contribution >= 0.6 is 0 Å². The summed E-state index contributed by atoms with van der Waals surface area (Å²) in [5, 5.41) is 6.46. The molecule has 0 radical (unpaired) electrons. The van der Waals surface area contributed by atoms with Crippen molar-refractivity contribution in [3.63, 3.8) is 0 Å². The summed E-state index contributed by atoms with van der Waals surface area (Å²) in [6, 6.07) is 0. The van der Waals surface area contributed by atoms with Gasteiger partial charge < -0.3 is 15.5 Å². The van der Waals surface area contributed by atoms with E-state index in [1.807, 2.05) is 4.90 Å². The monoisotopic (exact) mass is 321 g/mol. The number of hydrogen-bond acceptors (Lipinski definition) is 3. The van der Waals surface area contributed by atoms with E-state index in [-0.39, 0.29) is 17.2 Å². The lowest BCUT2D eigenvalue weighted by molar-refractivity contribution is -0.148. The fourth-order valence-corrected chi connectivity index (χ4v) is 4.75. The van der Waals surface area contributed by atoms with Crippen LogP contribution in [0.5, 0.6) is 0 Å². The third-order valence-corrected chi connectivity index (χ3v) is 6.09. The maximum Gasteiger partial charge on any atom is 0.230 e. The number of nitrogens with one attached hydrogen (secondary N) is 2. The zero-order valence-electron chi connectivity index (χ0n) is 14.4. The van der Waals surface area contributed by atoms with E-state index in [9.17, 15) is 9.59 Å². The van der Waals surface area contributed by atoms with Gasteiger partial charge in [0.1, 0.15) is 0 Å². The minimum atomic E-state index is -0.181. The molecule has 1 unspecified atom stereocenters. The van der Waals surface area contributed by atoms with Crippen molar-refractivity contribution in [2.24, 2.45) is 17.3 Å². The highest BCUT2D eigenvalue weighted by molar-refractivity contribution is 5.85. The highest BCUT2D eigenvalue weighted by Gasteiger charge is 2.51. The highest BCUT2D eigenvalue weighted by atomic mass is 16.2. The van der Waals surface area contributed by atoms with Gasteiger partial charge in [-0.1, -0.05) is 19.8 Å². The smallest absolute Gasteiger partial charge is 0.230 e. The van der Waals surface area contributed by atoms with Crippen LogP contribution in [0.2, 0.25) is 0 Å². The summed E-state index contributed by atoms with van der Waals surface area (Å²) < 4.78 is 0. The summed E-state index contributed by atoms with van der Waals surface area (Å²) in [7, 11) is 0. The van der Waals surface area contributed by atoms with Crippen molar-refractivity contribution < 1.29 is 9.59 Å². The molecule has 2 aliphatic heterocycles. The molecule has 1 saturated carbocycles. The van der Waals surface area contributed by atoms with Gasteiger partial charge in [0.05, 0.1) is 11.3 Å². The molecule has 5 nitrogen and oxygen atoms in total. The minimum Gasteiger partial charge on any atom is -0.356 e. The molecule has 3 rings (SSSR count). The Kier molecular flexibility index (Phi) is 5.24. The first-order valence-corrected chi connectivity index (χ1v) is 9.45. The van der Waals surface area contributed by atoms with E-state index in [0.29, 0.717) is 18.4 Å².